The lowest BCUT2D eigenvalue weighted by atomic mass is 9.86. The van der Waals surface area contributed by atoms with E-state index in [9.17, 15) is 10.1 Å². The zero-order valence-electron chi connectivity index (χ0n) is 12.7. The van der Waals surface area contributed by atoms with Crippen LogP contribution in [-0.2, 0) is 5.41 Å². The average Bonchev–Trinajstić information content (AvgIpc) is 2.44. The molecular weight excluding hydrogens is 344 g/mol. The summed E-state index contributed by atoms with van der Waals surface area (Å²) < 4.78 is 0.939. The minimum atomic E-state index is -0.386. The van der Waals surface area contributed by atoms with Crippen molar-refractivity contribution in [2.45, 2.75) is 26.2 Å². The lowest BCUT2D eigenvalue weighted by molar-refractivity contribution is -0.384. The van der Waals surface area contributed by atoms with Gasteiger partial charge in [0.05, 0.1) is 4.92 Å². The molecule has 0 unspecified atom stereocenters. The molecule has 2 aromatic carbocycles. The van der Waals surface area contributed by atoms with Gasteiger partial charge >= 0.3 is 0 Å². The molecule has 0 heterocycles. The minimum Gasteiger partial charge on any atom is -0.258 e. The summed E-state index contributed by atoms with van der Waals surface area (Å²) in [5.74, 6) is 0. The molecule has 4 nitrogen and oxygen atoms in total. The molecule has 0 amide bonds. The van der Waals surface area contributed by atoms with Crippen LogP contribution in [0.25, 0.3) is 0 Å². The number of aliphatic imine (C=N–C) groups is 1. The molecule has 0 saturated carbocycles. The van der Waals surface area contributed by atoms with Crippen molar-refractivity contribution in [3.05, 3.63) is 68.2 Å². The van der Waals surface area contributed by atoms with Crippen LogP contribution in [-0.4, -0.2) is 11.1 Å². The molecule has 22 heavy (non-hydrogen) atoms. The van der Waals surface area contributed by atoms with Crippen LogP contribution in [0.5, 0.6) is 0 Å². The first-order chi connectivity index (χ1) is 10.3. The zero-order valence-corrected chi connectivity index (χ0v) is 14.3. The number of nitro groups is 1. The molecule has 0 spiro atoms. The minimum absolute atomic E-state index is 0.0265. The van der Waals surface area contributed by atoms with Crippen LogP contribution in [0.1, 0.15) is 31.9 Å². The molecule has 2 aromatic rings. The highest BCUT2D eigenvalue weighted by Crippen LogP contribution is 2.33. The van der Waals surface area contributed by atoms with Crippen molar-refractivity contribution in [1.82, 2.24) is 0 Å². The topological polar surface area (TPSA) is 55.5 Å². The monoisotopic (exact) mass is 360 g/mol. The van der Waals surface area contributed by atoms with Crippen LogP contribution in [0.15, 0.2) is 51.9 Å². The van der Waals surface area contributed by atoms with Crippen molar-refractivity contribution < 1.29 is 4.92 Å². The van der Waals surface area contributed by atoms with E-state index < -0.39 is 0 Å². The predicted octanol–water partition coefficient (Wildman–Crippen LogP) is 5.41. The molecule has 0 aliphatic heterocycles. The fourth-order valence-electron chi connectivity index (χ4n) is 1.98. The van der Waals surface area contributed by atoms with Crippen LogP contribution >= 0.6 is 15.9 Å². The number of hydrogen-bond acceptors (Lipinski definition) is 3. The van der Waals surface area contributed by atoms with Crippen LogP contribution in [0.3, 0.4) is 0 Å². The Bertz CT molecular complexity index is 734. The fraction of sp³-hybridized carbons (Fsp3) is 0.235. The average molecular weight is 361 g/mol. The molecule has 0 aliphatic carbocycles. The highest BCUT2D eigenvalue weighted by Gasteiger charge is 2.20. The van der Waals surface area contributed by atoms with Gasteiger partial charge in [-0.2, -0.15) is 0 Å². The van der Waals surface area contributed by atoms with Crippen molar-refractivity contribution in [1.29, 1.82) is 0 Å². The Kier molecular flexibility index (Phi) is 4.76. The second-order valence-corrected chi connectivity index (χ2v) is 6.94. The van der Waals surface area contributed by atoms with Gasteiger partial charge in [0.25, 0.3) is 5.69 Å². The lowest BCUT2D eigenvalue weighted by Gasteiger charge is -2.18. The van der Waals surface area contributed by atoms with Crippen molar-refractivity contribution in [3.63, 3.8) is 0 Å². The lowest BCUT2D eigenvalue weighted by Crippen LogP contribution is -2.11. The van der Waals surface area contributed by atoms with Gasteiger partial charge in [-0.15, -0.1) is 0 Å². The van der Waals surface area contributed by atoms with Crippen molar-refractivity contribution in [2.24, 2.45) is 4.99 Å². The summed E-state index contributed by atoms with van der Waals surface area (Å²) in [6.07, 6.45) is 1.63. The first kappa shape index (κ1) is 16.4. The second kappa shape index (κ2) is 6.40. The Morgan fingerprint density at radius 2 is 1.91 bits per heavy atom. The number of rotatable bonds is 3. The molecule has 114 valence electrons. The third-order valence-corrected chi connectivity index (χ3v) is 3.73. The van der Waals surface area contributed by atoms with E-state index in [1.807, 2.05) is 51.1 Å². The Morgan fingerprint density at radius 3 is 2.50 bits per heavy atom. The number of nitro benzene ring substituents is 1. The van der Waals surface area contributed by atoms with Crippen LogP contribution in [0.4, 0.5) is 11.4 Å². The van der Waals surface area contributed by atoms with Gasteiger partial charge in [-0.25, -0.2) is 4.99 Å². The number of benzene rings is 2. The van der Waals surface area contributed by atoms with Crippen LogP contribution < -0.4 is 0 Å². The van der Waals surface area contributed by atoms with Crippen LogP contribution in [0.2, 0.25) is 0 Å². The highest BCUT2D eigenvalue weighted by atomic mass is 79.9. The first-order valence-electron chi connectivity index (χ1n) is 6.86. The van der Waals surface area contributed by atoms with Crippen molar-refractivity contribution >= 4 is 33.5 Å². The standard InChI is InChI=1S/C17H17BrN2O2/c1-17(2,3)13-7-8-15(16(10-13)20(21)22)19-11-12-5-4-6-14(18)9-12/h4-11H,1-3H3. The number of hydrogen-bond donors (Lipinski definition) is 0. The molecule has 0 N–H and O–H groups in total. The van der Waals surface area contributed by atoms with Gasteiger partial charge in [0, 0.05) is 16.8 Å². The molecule has 5 heteroatoms. The van der Waals surface area contributed by atoms with E-state index in [-0.39, 0.29) is 16.0 Å². The smallest absolute Gasteiger partial charge is 0.258 e. The highest BCUT2D eigenvalue weighted by molar-refractivity contribution is 9.10. The molecule has 0 saturated heterocycles. The number of halogens is 1. The molecule has 2 rings (SSSR count). The fourth-order valence-corrected chi connectivity index (χ4v) is 2.39. The van der Waals surface area contributed by atoms with Gasteiger partial charge in [0.1, 0.15) is 5.69 Å². The summed E-state index contributed by atoms with van der Waals surface area (Å²) in [6.45, 7) is 6.07. The van der Waals surface area contributed by atoms with E-state index in [0.29, 0.717) is 5.69 Å². The summed E-state index contributed by atoms with van der Waals surface area (Å²) in [7, 11) is 0. The van der Waals surface area contributed by atoms with Gasteiger partial charge in [-0.05, 0) is 34.7 Å². The molecule has 0 aliphatic rings. The van der Waals surface area contributed by atoms with E-state index in [1.54, 1.807) is 18.3 Å². The van der Waals surface area contributed by atoms with Gasteiger partial charge in [0.2, 0.25) is 0 Å². The van der Waals surface area contributed by atoms with E-state index in [1.165, 1.54) is 0 Å². The predicted molar refractivity (Wildman–Crippen MR) is 93.2 cm³/mol. The molecular formula is C17H17BrN2O2. The van der Waals surface area contributed by atoms with Gasteiger partial charge < -0.3 is 0 Å². The summed E-state index contributed by atoms with van der Waals surface area (Å²) >= 11 is 3.39. The van der Waals surface area contributed by atoms with Gasteiger partial charge in [-0.1, -0.05) is 54.9 Å². The molecule has 0 radical (unpaired) electrons. The van der Waals surface area contributed by atoms with Crippen LogP contribution in [0, 0.1) is 10.1 Å². The number of nitrogens with zero attached hydrogens (tertiary/aromatic N) is 2. The van der Waals surface area contributed by atoms with Gasteiger partial charge in [-0.3, -0.25) is 10.1 Å². The van der Waals surface area contributed by atoms with E-state index in [4.69, 9.17) is 0 Å². The molecule has 0 fully saturated rings. The molecule has 0 atom stereocenters. The normalized spacial score (nSPS) is 11.8. The quantitative estimate of drug-likeness (QED) is 0.417. The molecule has 0 aromatic heterocycles. The maximum atomic E-state index is 11.3. The largest absolute Gasteiger partial charge is 0.295 e. The van der Waals surface area contributed by atoms with E-state index >= 15 is 0 Å². The third kappa shape index (κ3) is 4.01. The summed E-state index contributed by atoms with van der Waals surface area (Å²) in [6, 6.07) is 12.8. The summed E-state index contributed by atoms with van der Waals surface area (Å²) in [4.78, 5) is 15.2. The van der Waals surface area contributed by atoms with Crippen molar-refractivity contribution in [3.8, 4) is 0 Å². The summed E-state index contributed by atoms with van der Waals surface area (Å²) in [5, 5.41) is 11.3. The zero-order chi connectivity index (χ0) is 16.3. The van der Waals surface area contributed by atoms with E-state index in [0.717, 1.165) is 15.6 Å². The van der Waals surface area contributed by atoms with Gasteiger partial charge in [0.15, 0.2) is 0 Å². The third-order valence-electron chi connectivity index (χ3n) is 3.24. The Hall–Kier alpha value is -2.01. The summed E-state index contributed by atoms with van der Waals surface area (Å²) in [5.41, 5.74) is 2.04. The maximum Gasteiger partial charge on any atom is 0.295 e. The van der Waals surface area contributed by atoms with Crippen molar-refractivity contribution in [2.75, 3.05) is 0 Å². The Labute approximate surface area is 138 Å². The van der Waals surface area contributed by atoms with E-state index in [2.05, 4.69) is 20.9 Å². The maximum absolute atomic E-state index is 11.3. The Morgan fingerprint density at radius 1 is 1.18 bits per heavy atom. The SMILES string of the molecule is CC(C)(C)c1ccc(N=Cc2cccc(Br)c2)c([N+](=O)[O-])c1. The second-order valence-electron chi connectivity index (χ2n) is 6.02. The Balaban J connectivity index is 2.41. The molecule has 0 bridgehead atoms. The first-order valence-corrected chi connectivity index (χ1v) is 7.65.